The highest BCUT2D eigenvalue weighted by molar-refractivity contribution is 6.30. The minimum Gasteiger partial charge on any atom is -0.493 e. The van der Waals surface area contributed by atoms with Gasteiger partial charge in [-0.2, -0.15) is 0 Å². The molecule has 5 nitrogen and oxygen atoms in total. The highest BCUT2D eigenvalue weighted by Gasteiger charge is 2.41. The van der Waals surface area contributed by atoms with Crippen LogP contribution in [0.5, 0.6) is 5.75 Å². The van der Waals surface area contributed by atoms with Crippen molar-refractivity contribution in [2.24, 2.45) is 5.73 Å². The van der Waals surface area contributed by atoms with Crippen LogP contribution in [0.1, 0.15) is 17.5 Å². The fourth-order valence-corrected chi connectivity index (χ4v) is 3.19. The normalized spacial score (nSPS) is 25.5. The molecule has 0 radical (unpaired) electrons. The minimum atomic E-state index is -1.14. The van der Waals surface area contributed by atoms with Gasteiger partial charge in [0.25, 0.3) is 0 Å². The van der Waals surface area contributed by atoms with E-state index in [2.05, 4.69) is 0 Å². The summed E-state index contributed by atoms with van der Waals surface area (Å²) in [5.41, 5.74) is 6.90. The molecule has 0 aliphatic carbocycles. The van der Waals surface area contributed by atoms with Gasteiger partial charge in [-0.3, -0.25) is 9.69 Å². The second-order valence-electron chi connectivity index (χ2n) is 5.57. The zero-order valence-electron chi connectivity index (χ0n) is 11.1. The molecule has 3 rings (SSSR count). The van der Waals surface area contributed by atoms with Gasteiger partial charge >= 0.3 is 5.97 Å². The SMILES string of the molecule is NC1(C(=O)O)CCN(Cc2cc(Cl)cc3c2OCC3)C1. The van der Waals surface area contributed by atoms with Crippen molar-refractivity contribution in [3.05, 3.63) is 28.3 Å². The van der Waals surface area contributed by atoms with E-state index < -0.39 is 11.5 Å². The fraction of sp³-hybridized carbons (Fsp3) is 0.500. The summed E-state index contributed by atoms with van der Waals surface area (Å²) in [5, 5.41) is 9.85. The zero-order valence-corrected chi connectivity index (χ0v) is 11.8. The first kappa shape index (κ1) is 13.7. The van der Waals surface area contributed by atoms with Crippen molar-refractivity contribution in [2.75, 3.05) is 19.7 Å². The van der Waals surface area contributed by atoms with E-state index in [1.54, 1.807) is 0 Å². The number of ether oxygens (including phenoxy) is 1. The molecule has 0 saturated carbocycles. The Morgan fingerprint density at radius 1 is 1.55 bits per heavy atom. The monoisotopic (exact) mass is 296 g/mol. The second-order valence-corrected chi connectivity index (χ2v) is 6.01. The smallest absolute Gasteiger partial charge is 0.325 e. The van der Waals surface area contributed by atoms with E-state index in [0.717, 1.165) is 23.3 Å². The Hall–Kier alpha value is -1.30. The predicted octanol–water partition coefficient (Wildman–Crippen LogP) is 1.26. The molecule has 1 unspecified atom stereocenters. The van der Waals surface area contributed by atoms with Crippen LogP contribution in [0, 0.1) is 0 Å². The largest absolute Gasteiger partial charge is 0.493 e. The molecule has 2 heterocycles. The molecular weight excluding hydrogens is 280 g/mol. The number of benzene rings is 1. The van der Waals surface area contributed by atoms with E-state index in [4.69, 9.17) is 27.2 Å². The van der Waals surface area contributed by atoms with Crippen LogP contribution in [0.25, 0.3) is 0 Å². The van der Waals surface area contributed by atoms with Gasteiger partial charge in [-0.25, -0.2) is 0 Å². The van der Waals surface area contributed by atoms with Crippen LogP contribution in [0.4, 0.5) is 0 Å². The molecule has 0 spiro atoms. The van der Waals surface area contributed by atoms with Gasteiger partial charge in [0.2, 0.25) is 0 Å². The van der Waals surface area contributed by atoms with Crippen molar-refractivity contribution in [1.82, 2.24) is 4.90 Å². The van der Waals surface area contributed by atoms with E-state index in [0.29, 0.717) is 37.7 Å². The van der Waals surface area contributed by atoms with Gasteiger partial charge in [-0.1, -0.05) is 11.6 Å². The van der Waals surface area contributed by atoms with Crippen molar-refractivity contribution in [2.45, 2.75) is 24.9 Å². The lowest BCUT2D eigenvalue weighted by molar-refractivity contribution is -0.142. The van der Waals surface area contributed by atoms with E-state index in [1.165, 1.54) is 0 Å². The topological polar surface area (TPSA) is 75.8 Å². The van der Waals surface area contributed by atoms with Crippen molar-refractivity contribution < 1.29 is 14.6 Å². The van der Waals surface area contributed by atoms with Gasteiger partial charge in [0.05, 0.1) is 6.61 Å². The first-order valence-electron chi connectivity index (χ1n) is 6.67. The number of aliphatic carboxylic acids is 1. The van der Waals surface area contributed by atoms with Crippen LogP contribution < -0.4 is 10.5 Å². The summed E-state index contributed by atoms with van der Waals surface area (Å²) in [6.07, 6.45) is 1.34. The van der Waals surface area contributed by atoms with E-state index in [1.807, 2.05) is 17.0 Å². The Balaban J connectivity index is 1.78. The first-order chi connectivity index (χ1) is 9.48. The third kappa shape index (κ3) is 2.37. The third-order valence-electron chi connectivity index (χ3n) is 4.03. The lowest BCUT2D eigenvalue weighted by Gasteiger charge is -2.21. The maximum atomic E-state index is 11.2. The molecule has 1 saturated heterocycles. The molecule has 1 fully saturated rings. The number of halogens is 1. The van der Waals surface area contributed by atoms with Gasteiger partial charge in [0.15, 0.2) is 0 Å². The van der Waals surface area contributed by atoms with Crippen molar-refractivity contribution >= 4 is 17.6 Å². The highest BCUT2D eigenvalue weighted by atomic mass is 35.5. The molecule has 1 atom stereocenters. The zero-order chi connectivity index (χ0) is 14.3. The molecule has 0 bridgehead atoms. The van der Waals surface area contributed by atoms with E-state index >= 15 is 0 Å². The standard InChI is InChI=1S/C14H17ClN2O3/c15-11-5-9-1-4-20-12(9)10(6-11)7-17-3-2-14(16,8-17)13(18)19/h5-6H,1-4,7-8,16H2,(H,18,19). The number of carboxylic acids is 1. The number of likely N-dealkylation sites (tertiary alicyclic amines) is 1. The highest BCUT2D eigenvalue weighted by Crippen LogP contribution is 2.34. The Labute approximate surface area is 122 Å². The molecule has 0 amide bonds. The molecule has 6 heteroatoms. The molecule has 1 aromatic carbocycles. The average molecular weight is 297 g/mol. The number of nitrogens with two attached hydrogens (primary N) is 1. The molecule has 108 valence electrons. The quantitative estimate of drug-likeness (QED) is 0.878. The molecule has 3 N–H and O–H groups in total. The number of carboxylic acid groups (broad SMARTS) is 1. The molecule has 20 heavy (non-hydrogen) atoms. The fourth-order valence-electron chi connectivity index (χ4n) is 2.93. The van der Waals surface area contributed by atoms with Crippen molar-refractivity contribution in [1.29, 1.82) is 0 Å². The third-order valence-corrected chi connectivity index (χ3v) is 4.24. The van der Waals surface area contributed by atoms with Crippen LogP contribution in [-0.2, 0) is 17.8 Å². The lowest BCUT2D eigenvalue weighted by Crippen LogP contribution is -2.50. The number of hydrogen-bond acceptors (Lipinski definition) is 4. The van der Waals surface area contributed by atoms with Crippen LogP contribution in [0.15, 0.2) is 12.1 Å². The Morgan fingerprint density at radius 2 is 2.35 bits per heavy atom. The van der Waals surface area contributed by atoms with Gasteiger partial charge in [0.1, 0.15) is 11.3 Å². The van der Waals surface area contributed by atoms with Crippen molar-refractivity contribution in [3.63, 3.8) is 0 Å². The Morgan fingerprint density at radius 3 is 3.05 bits per heavy atom. The Bertz CT molecular complexity index is 564. The van der Waals surface area contributed by atoms with E-state index in [9.17, 15) is 4.79 Å². The van der Waals surface area contributed by atoms with Crippen LogP contribution in [0.2, 0.25) is 5.02 Å². The molecule has 2 aliphatic rings. The van der Waals surface area contributed by atoms with Crippen molar-refractivity contribution in [3.8, 4) is 5.75 Å². The number of carbonyl (C=O) groups is 1. The van der Waals surface area contributed by atoms with Gasteiger partial charge in [0, 0.05) is 36.6 Å². The first-order valence-corrected chi connectivity index (χ1v) is 7.04. The maximum Gasteiger partial charge on any atom is 0.325 e. The van der Waals surface area contributed by atoms with E-state index in [-0.39, 0.29) is 0 Å². The number of hydrogen-bond donors (Lipinski definition) is 2. The molecule has 2 aliphatic heterocycles. The lowest BCUT2D eigenvalue weighted by atomic mass is 10.0. The summed E-state index contributed by atoms with van der Waals surface area (Å²) in [7, 11) is 0. The number of rotatable bonds is 3. The molecule has 0 aromatic heterocycles. The minimum absolute atomic E-state index is 0.351. The Kier molecular flexibility index (Phi) is 3.36. The maximum absolute atomic E-state index is 11.2. The molecule has 1 aromatic rings. The summed E-state index contributed by atoms with van der Waals surface area (Å²) in [4.78, 5) is 13.2. The average Bonchev–Trinajstić information content (AvgIpc) is 2.97. The van der Waals surface area contributed by atoms with Crippen LogP contribution >= 0.6 is 11.6 Å². The van der Waals surface area contributed by atoms with Crippen LogP contribution in [0.3, 0.4) is 0 Å². The number of nitrogens with zero attached hydrogens (tertiary/aromatic N) is 1. The predicted molar refractivity (Wildman–Crippen MR) is 75.1 cm³/mol. The summed E-state index contributed by atoms with van der Waals surface area (Å²) in [5.74, 6) is -0.0354. The van der Waals surface area contributed by atoms with Gasteiger partial charge < -0.3 is 15.6 Å². The summed E-state index contributed by atoms with van der Waals surface area (Å²) >= 11 is 6.13. The summed E-state index contributed by atoms with van der Waals surface area (Å²) in [6.45, 7) is 2.32. The number of fused-ring (bicyclic) bond motifs is 1. The summed E-state index contributed by atoms with van der Waals surface area (Å²) < 4.78 is 5.66. The van der Waals surface area contributed by atoms with Gasteiger partial charge in [-0.15, -0.1) is 0 Å². The second kappa shape index (κ2) is 4.91. The van der Waals surface area contributed by atoms with Gasteiger partial charge in [-0.05, 0) is 24.1 Å². The van der Waals surface area contributed by atoms with Crippen LogP contribution in [-0.4, -0.2) is 41.2 Å². The summed E-state index contributed by atoms with van der Waals surface area (Å²) in [6, 6.07) is 3.82. The molecular formula is C14H17ClN2O3.